The highest BCUT2D eigenvalue weighted by Gasteiger charge is 2.05. The number of benzene rings is 1. The van der Waals surface area contributed by atoms with Crippen LogP contribution in [-0.2, 0) is 11.2 Å². The van der Waals surface area contributed by atoms with Crippen molar-refractivity contribution in [3.8, 4) is 0 Å². The second kappa shape index (κ2) is 4.86. The molecule has 0 atom stereocenters. The number of carbonyl (C=O) groups is 1. The van der Waals surface area contributed by atoms with Crippen molar-refractivity contribution >= 4 is 22.8 Å². The summed E-state index contributed by atoms with van der Waals surface area (Å²) in [5.41, 5.74) is 2.51. The van der Waals surface area contributed by atoms with Crippen molar-refractivity contribution in [3.05, 3.63) is 24.0 Å². The highest BCUT2D eigenvalue weighted by molar-refractivity contribution is 5.88. The first kappa shape index (κ1) is 11.4. The Hall–Kier alpha value is -2.04. The van der Waals surface area contributed by atoms with Gasteiger partial charge in [-0.25, -0.2) is 9.78 Å². The van der Waals surface area contributed by atoms with Gasteiger partial charge >= 0.3 is 6.09 Å². The summed E-state index contributed by atoms with van der Waals surface area (Å²) >= 11 is 0. The molecule has 5 nitrogen and oxygen atoms in total. The van der Waals surface area contributed by atoms with Gasteiger partial charge < -0.3 is 9.72 Å². The fourth-order valence-corrected chi connectivity index (χ4v) is 1.59. The molecule has 0 aliphatic rings. The summed E-state index contributed by atoms with van der Waals surface area (Å²) in [5, 5.41) is 2.65. The average molecular weight is 233 g/mol. The van der Waals surface area contributed by atoms with E-state index in [0.29, 0.717) is 12.3 Å². The van der Waals surface area contributed by atoms with Gasteiger partial charge in [-0.1, -0.05) is 6.92 Å². The van der Waals surface area contributed by atoms with Crippen LogP contribution in [0, 0.1) is 0 Å². The number of aromatic amines is 1. The first-order valence-corrected chi connectivity index (χ1v) is 5.65. The zero-order valence-corrected chi connectivity index (χ0v) is 9.91. The van der Waals surface area contributed by atoms with E-state index in [0.717, 1.165) is 23.3 Å². The molecule has 0 saturated heterocycles. The first-order valence-electron chi connectivity index (χ1n) is 5.65. The Bertz CT molecular complexity index is 534. The maximum atomic E-state index is 11.3. The minimum absolute atomic E-state index is 0.359. The van der Waals surface area contributed by atoms with E-state index in [1.807, 2.05) is 19.1 Å². The number of aromatic nitrogens is 2. The molecular weight excluding hydrogens is 218 g/mol. The number of imidazole rings is 1. The molecule has 1 aromatic heterocycles. The van der Waals surface area contributed by atoms with Gasteiger partial charge in [-0.2, -0.15) is 0 Å². The fraction of sp³-hybridized carbons (Fsp3) is 0.333. The van der Waals surface area contributed by atoms with E-state index in [1.54, 1.807) is 13.0 Å². The van der Waals surface area contributed by atoms with Crippen LogP contribution in [0.15, 0.2) is 18.2 Å². The number of ether oxygens (including phenoxy) is 1. The summed E-state index contributed by atoms with van der Waals surface area (Å²) < 4.78 is 4.81. The quantitative estimate of drug-likeness (QED) is 0.856. The van der Waals surface area contributed by atoms with Gasteiger partial charge in [0.15, 0.2) is 0 Å². The number of anilines is 1. The lowest BCUT2D eigenvalue weighted by Crippen LogP contribution is -2.13. The maximum absolute atomic E-state index is 11.3. The number of fused-ring (bicyclic) bond motifs is 1. The summed E-state index contributed by atoms with van der Waals surface area (Å²) in [7, 11) is 0. The Morgan fingerprint density at radius 3 is 3.00 bits per heavy atom. The standard InChI is InChI=1S/C12H15N3O2/c1-3-11-14-9-6-5-8(7-10(9)15-11)13-12(16)17-4-2/h5-7H,3-4H2,1-2H3,(H,13,16)(H,14,15). The third-order valence-corrected chi connectivity index (χ3v) is 2.39. The highest BCUT2D eigenvalue weighted by Crippen LogP contribution is 2.17. The molecule has 1 aromatic carbocycles. The van der Waals surface area contributed by atoms with Crippen LogP contribution in [0.1, 0.15) is 19.7 Å². The van der Waals surface area contributed by atoms with Crippen LogP contribution >= 0.6 is 0 Å². The molecule has 0 radical (unpaired) electrons. The van der Waals surface area contributed by atoms with Crippen LogP contribution in [-0.4, -0.2) is 22.7 Å². The van der Waals surface area contributed by atoms with E-state index >= 15 is 0 Å². The molecule has 0 aliphatic carbocycles. The molecule has 0 unspecified atom stereocenters. The molecule has 1 amide bonds. The largest absolute Gasteiger partial charge is 0.450 e. The number of nitrogens with zero attached hydrogens (tertiary/aromatic N) is 1. The van der Waals surface area contributed by atoms with E-state index in [2.05, 4.69) is 15.3 Å². The van der Waals surface area contributed by atoms with Gasteiger partial charge in [-0.3, -0.25) is 5.32 Å². The van der Waals surface area contributed by atoms with Crippen LogP contribution in [0.4, 0.5) is 10.5 Å². The zero-order valence-electron chi connectivity index (χ0n) is 9.91. The Labute approximate surface area is 99.2 Å². The zero-order chi connectivity index (χ0) is 12.3. The molecule has 2 N–H and O–H groups in total. The Kier molecular flexibility index (Phi) is 3.27. The Morgan fingerprint density at radius 1 is 1.47 bits per heavy atom. The van der Waals surface area contributed by atoms with Crippen LogP contribution in [0.3, 0.4) is 0 Å². The van der Waals surface area contributed by atoms with E-state index in [1.165, 1.54) is 0 Å². The number of aryl methyl sites for hydroxylation is 1. The lowest BCUT2D eigenvalue weighted by atomic mass is 10.3. The minimum atomic E-state index is -0.443. The van der Waals surface area contributed by atoms with Crippen molar-refractivity contribution in [1.82, 2.24) is 9.97 Å². The second-order valence-electron chi connectivity index (χ2n) is 3.61. The fourth-order valence-electron chi connectivity index (χ4n) is 1.59. The van der Waals surface area contributed by atoms with Crippen molar-refractivity contribution in [1.29, 1.82) is 0 Å². The van der Waals surface area contributed by atoms with Gasteiger partial charge in [0.25, 0.3) is 0 Å². The molecule has 2 rings (SSSR count). The summed E-state index contributed by atoms with van der Waals surface area (Å²) in [6.07, 6.45) is 0.414. The third-order valence-electron chi connectivity index (χ3n) is 2.39. The van der Waals surface area contributed by atoms with Gasteiger partial charge in [0, 0.05) is 12.1 Å². The number of carbonyl (C=O) groups excluding carboxylic acids is 1. The maximum Gasteiger partial charge on any atom is 0.411 e. The third kappa shape index (κ3) is 2.55. The predicted octanol–water partition coefficient (Wildman–Crippen LogP) is 2.69. The lowest BCUT2D eigenvalue weighted by molar-refractivity contribution is 0.168. The molecule has 0 aliphatic heterocycles. The molecule has 0 saturated carbocycles. The van der Waals surface area contributed by atoms with Crippen molar-refractivity contribution in [2.45, 2.75) is 20.3 Å². The average Bonchev–Trinajstić information content (AvgIpc) is 2.71. The summed E-state index contributed by atoms with van der Waals surface area (Å²) in [4.78, 5) is 18.8. The molecule has 0 bridgehead atoms. The number of nitrogens with one attached hydrogen (secondary N) is 2. The number of hydrogen-bond donors (Lipinski definition) is 2. The van der Waals surface area contributed by atoms with E-state index in [-0.39, 0.29) is 0 Å². The van der Waals surface area contributed by atoms with Crippen molar-refractivity contribution in [2.24, 2.45) is 0 Å². The minimum Gasteiger partial charge on any atom is -0.450 e. The predicted molar refractivity (Wildman–Crippen MR) is 66.1 cm³/mol. The van der Waals surface area contributed by atoms with Gasteiger partial charge in [0.05, 0.1) is 17.6 Å². The van der Waals surface area contributed by atoms with Crippen LogP contribution in [0.5, 0.6) is 0 Å². The number of H-pyrrole nitrogens is 1. The molecular formula is C12H15N3O2. The number of rotatable bonds is 3. The Morgan fingerprint density at radius 2 is 2.29 bits per heavy atom. The summed E-state index contributed by atoms with van der Waals surface area (Å²) in [6, 6.07) is 5.52. The summed E-state index contributed by atoms with van der Waals surface area (Å²) in [5.74, 6) is 0.938. The molecule has 5 heteroatoms. The smallest absolute Gasteiger partial charge is 0.411 e. The normalized spacial score (nSPS) is 10.5. The SMILES string of the molecule is CCOC(=O)Nc1ccc2nc(CC)[nH]c2c1. The molecule has 0 fully saturated rings. The molecule has 0 spiro atoms. The van der Waals surface area contributed by atoms with E-state index in [9.17, 15) is 4.79 Å². The van der Waals surface area contributed by atoms with Gasteiger partial charge in [-0.15, -0.1) is 0 Å². The van der Waals surface area contributed by atoms with Gasteiger partial charge in [-0.05, 0) is 25.1 Å². The topological polar surface area (TPSA) is 67.0 Å². The van der Waals surface area contributed by atoms with Crippen molar-refractivity contribution in [2.75, 3.05) is 11.9 Å². The first-order chi connectivity index (χ1) is 8.22. The number of amides is 1. The lowest BCUT2D eigenvalue weighted by Gasteiger charge is -2.04. The van der Waals surface area contributed by atoms with Crippen LogP contribution < -0.4 is 5.32 Å². The van der Waals surface area contributed by atoms with E-state index < -0.39 is 6.09 Å². The van der Waals surface area contributed by atoms with Crippen molar-refractivity contribution in [3.63, 3.8) is 0 Å². The van der Waals surface area contributed by atoms with Gasteiger partial charge in [0.2, 0.25) is 0 Å². The van der Waals surface area contributed by atoms with Gasteiger partial charge in [0.1, 0.15) is 5.82 Å². The molecule has 1 heterocycles. The van der Waals surface area contributed by atoms with E-state index in [4.69, 9.17) is 4.74 Å². The highest BCUT2D eigenvalue weighted by atomic mass is 16.5. The molecule has 90 valence electrons. The molecule has 2 aromatic rings. The molecule has 17 heavy (non-hydrogen) atoms. The summed E-state index contributed by atoms with van der Waals surface area (Å²) in [6.45, 7) is 4.17. The number of hydrogen-bond acceptors (Lipinski definition) is 3. The Balaban J connectivity index is 2.21. The van der Waals surface area contributed by atoms with Crippen molar-refractivity contribution < 1.29 is 9.53 Å². The van der Waals surface area contributed by atoms with Crippen LogP contribution in [0.25, 0.3) is 11.0 Å². The van der Waals surface area contributed by atoms with Crippen LogP contribution in [0.2, 0.25) is 0 Å². The monoisotopic (exact) mass is 233 g/mol. The second-order valence-corrected chi connectivity index (χ2v) is 3.61.